The van der Waals surface area contributed by atoms with Crippen molar-refractivity contribution in [2.75, 3.05) is 6.61 Å². The van der Waals surface area contributed by atoms with Gasteiger partial charge in [0.1, 0.15) is 0 Å². The average Bonchev–Trinajstić information content (AvgIpc) is 3.15. The number of hydrogen-bond donors (Lipinski definition) is 1. The Hall–Kier alpha value is -1.55. The molecule has 2 aliphatic rings. The molecule has 0 spiro atoms. The van der Waals surface area contributed by atoms with Gasteiger partial charge in [-0.3, -0.25) is 9.59 Å². The van der Waals surface area contributed by atoms with Gasteiger partial charge < -0.3 is 10.1 Å². The smallest absolute Gasteiger partial charge is 0.306 e. The lowest BCUT2D eigenvalue weighted by Crippen LogP contribution is -2.29. The second-order valence-corrected chi connectivity index (χ2v) is 7.08. The van der Waals surface area contributed by atoms with Gasteiger partial charge in [-0.05, 0) is 48.6 Å². The summed E-state index contributed by atoms with van der Waals surface area (Å²) >= 11 is 6.02. The van der Waals surface area contributed by atoms with E-state index in [1.54, 1.807) is 6.07 Å². The summed E-state index contributed by atoms with van der Waals surface area (Å²) < 4.78 is 5.11. The maximum atomic E-state index is 11.9. The highest BCUT2D eigenvalue weighted by molar-refractivity contribution is 6.31. The van der Waals surface area contributed by atoms with E-state index in [2.05, 4.69) is 5.32 Å². The van der Waals surface area contributed by atoms with Crippen molar-refractivity contribution in [1.29, 1.82) is 0 Å². The Balaban J connectivity index is 1.35. The first-order valence-electron chi connectivity index (χ1n) is 8.27. The first-order chi connectivity index (χ1) is 11.1. The summed E-state index contributed by atoms with van der Waals surface area (Å²) in [6.07, 6.45) is 5.45. The number of benzene rings is 1. The summed E-state index contributed by atoms with van der Waals surface area (Å²) in [6, 6.07) is 7.33. The maximum Gasteiger partial charge on any atom is 0.306 e. The van der Waals surface area contributed by atoms with E-state index in [0.717, 1.165) is 17.9 Å². The van der Waals surface area contributed by atoms with Gasteiger partial charge in [-0.25, -0.2) is 0 Å². The number of esters is 1. The van der Waals surface area contributed by atoms with Gasteiger partial charge in [0.15, 0.2) is 6.61 Å². The van der Waals surface area contributed by atoms with Crippen LogP contribution in [0.3, 0.4) is 0 Å². The Morgan fingerprint density at radius 3 is 2.74 bits per heavy atom. The zero-order chi connectivity index (χ0) is 16.2. The Kier molecular flexibility index (Phi) is 5.21. The van der Waals surface area contributed by atoms with E-state index in [1.807, 2.05) is 18.2 Å². The van der Waals surface area contributed by atoms with Gasteiger partial charge in [-0.1, -0.05) is 36.2 Å². The summed E-state index contributed by atoms with van der Waals surface area (Å²) in [6.45, 7) is 0.118. The molecule has 23 heavy (non-hydrogen) atoms. The van der Waals surface area contributed by atoms with Crippen LogP contribution in [0.4, 0.5) is 0 Å². The number of carbonyl (C=O) groups is 2. The SMILES string of the molecule is O=C(COC(=O)CC1CC2CCC1C2)NCc1ccccc1Cl. The Labute approximate surface area is 141 Å². The van der Waals surface area contributed by atoms with Crippen LogP contribution in [0, 0.1) is 17.8 Å². The standard InChI is InChI=1S/C18H22ClNO3/c19-16-4-2-1-3-14(16)10-20-17(21)11-23-18(22)9-15-8-12-5-6-13(15)7-12/h1-4,12-13,15H,5-11H2,(H,20,21). The molecule has 0 aliphatic heterocycles. The average molecular weight is 336 g/mol. The van der Waals surface area contributed by atoms with Crippen molar-refractivity contribution in [1.82, 2.24) is 5.32 Å². The van der Waals surface area contributed by atoms with Crippen LogP contribution in [-0.2, 0) is 20.9 Å². The molecule has 0 heterocycles. The minimum atomic E-state index is -0.300. The third kappa shape index (κ3) is 4.25. The van der Waals surface area contributed by atoms with Gasteiger partial charge in [-0.15, -0.1) is 0 Å². The van der Waals surface area contributed by atoms with Crippen molar-refractivity contribution >= 4 is 23.5 Å². The zero-order valence-electron chi connectivity index (χ0n) is 13.1. The number of halogens is 1. The van der Waals surface area contributed by atoms with Crippen LogP contribution in [0.15, 0.2) is 24.3 Å². The number of hydrogen-bond acceptors (Lipinski definition) is 3. The lowest BCUT2D eigenvalue weighted by atomic mass is 9.86. The highest BCUT2D eigenvalue weighted by Gasteiger charge is 2.40. The molecule has 1 amide bonds. The highest BCUT2D eigenvalue weighted by Crippen LogP contribution is 2.49. The van der Waals surface area contributed by atoms with Crippen molar-refractivity contribution in [2.24, 2.45) is 17.8 Å². The number of fused-ring (bicyclic) bond motifs is 2. The fourth-order valence-corrected chi connectivity index (χ4v) is 4.13. The lowest BCUT2D eigenvalue weighted by Gasteiger charge is -2.20. The predicted octanol–water partition coefficient (Wildman–Crippen LogP) is 3.33. The molecule has 2 bridgehead atoms. The van der Waals surface area contributed by atoms with Gasteiger partial charge in [-0.2, -0.15) is 0 Å². The van der Waals surface area contributed by atoms with Crippen molar-refractivity contribution in [3.8, 4) is 0 Å². The Bertz CT molecular complexity index is 589. The first kappa shape index (κ1) is 16.3. The van der Waals surface area contributed by atoms with E-state index >= 15 is 0 Å². The van der Waals surface area contributed by atoms with Crippen LogP contribution < -0.4 is 5.32 Å². The predicted molar refractivity (Wildman–Crippen MR) is 87.8 cm³/mol. The molecule has 2 fully saturated rings. The van der Waals surface area contributed by atoms with Crippen LogP contribution in [0.2, 0.25) is 5.02 Å². The molecular formula is C18H22ClNO3. The third-order valence-electron chi connectivity index (χ3n) is 5.11. The molecule has 0 aromatic heterocycles. The second kappa shape index (κ2) is 7.35. The van der Waals surface area contributed by atoms with E-state index in [-0.39, 0.29) is 18.5 Å². The van der Waals surface area contributed by atoms with Crippen molar-refractivity contribution in [3.05, 3.63) is 34.9 Å². The molecule has 5 heteroatoms. The van der Waals surface area contributed by atoms with Gasteiger partial charge in [0.25, 0.3) is 5.91 Å². The number of ether oxygens (including phenoxy) is 1. The lowest BCUT2D eigenvalue weighted by molar-refractivity contribution is -0.149. The zero-order valence-corrected chi connectivity index (χ0v) is 13.8. The van der Waals surface area contributed by atoms with Gasteiger partial charge in [0.05, 0.1) is 0 Å². The first-order valence-corrected chi connectivity index (χ1v) is 8.65. The second-order valence-electron chi connectivity index (χ2n) is 6.67. The van der Waals surface area contributed by atoms with E-state index < -0.39 is 0 Å². The number of nitrogens with one attached hydrogen (secondary N) is 1. The Morgan fingerprint density at radius 1 is 1.22 bits per heavy atom. The largest absolute Gasteiger partial charge is 0.456 e. The Morgan fingerprint density at radius 2 is 2.04 bits per heavy atom. The minimum absolute atomic E-state index is 0.218. The third-order valence-corrected chi connectivity index (χ3v) is 5.48. The number of carbonyl (C=O) groups excluding carboxylic acids is 2. The van der Waals surface area contributed by atoms with Crippen LogP contribution in [0.25, 0.3) is 0 Å². The molecule has 3 atom stereocenters. The molecule has 2 saturated carbocycles. The minimum Gasteiger partial charge on any atom is -0.456 e. The topological polar surface area (TPSA) is 55.4 Å². The summed E-state index contributed by atoms with van der Waals surface area (Å²) in [7, 11) is 0. The van der Waals surface area contributed by atoms with E-state index in [0.29, 0.717) is 29.8 Å². The van der Waals surface area contributed by atoms with E-state index in [4.69, 9.17) is 16.3 Å². The molecule has 0 saturated heterocycles. The van der Waals surface area contributed by atoms with E-state index in [1.165, 1.54) is 19.3 Å². The summed E-state index contributed by atoms with van der Waals surface area (Å²) in [5.41, 5.74) is 0.843. The van der Waals surface area contributed by atoms with Crippen molar-refractivity contribution < 1.29 is 14.3 Å². The molecule has 1 aromatic rings. The fraction of sp³-hybridized carbons (Fsp3) is 0.556. The van der Waals surface area contributed by atoms with Crippen LogP contribution in [0.5, 0.6) is 0 Å². The molecule has 0 radical (unpaired) electrons. The maximum absolute atomic E-state index is 11.9. The van der Waals surface area contributed by atoms with Crippen LogP contribution in [0.1, 0.15) is 37.7 Å². The van der Waals surface area contributed by atoms with Gasteiger partial charge in [0.2, 0.25) is 0 Å². The molecule has 1 N–H and O–H groups in total. The van der Waals surface area contributed by atoms with Crippen LogP contribution in [-0.4, -0.2) is 18.5 Å². The monoisotopic (exact) mass is 335 g/mol. The fourth-order valence-electron chi connectivity index (χ4n) is 3.93. The van der Waals surface area contributed by atoms with E-state index in [9.17, 15) is 9.59 Å². The summed E-state index contributed by atoms with van der Waals surface area (Å²) in [4.78, 5) is 23.7. The molecule has 3 rings (SSSR count). The highest BCUT2D eigenvalue weighted by atomic mass is 35.5. The van der Waals surface area contributed by atoms with Crippen molar-refractivity contribution in [3.63, 3.8) is 0 Å². The molecular weight excluding hydrogens is 314 g/mol. The summed E-state index contributed by atoms with van der Waals surface area (Å²) in [5.74, 6) is 1.42. The molecule has 3 unspecified atom stereocenters. The van der Waals surface area contributed by atoms with Gasteiger partial charge in [0, 0.05) is 18.0 Å². The molecule has 1 aromatic carbocycles. The quantitative estimate of drug-likeness (QED) is 0.811. The molecule has 4 nitrogen and oxygen atoms in total. The number of rotatable bonds is 6. The normalized spacial score (nSPS) is 25.3. The molecule has 124 valence electrons. The van der Waals surface area contributed by atoms with Crippen LogP contribution >= 0.6 is 11.6 Å². The summed E-state index contributed by atoms with van der Waals surface area (Å²) in [5, 5.41) is 3.33. The van der Waals surface area contributed by atoms with Crippen molar-refractivity contribution in [2.45, 2.75) is 38.6 Å². The number of amides is 1. The van der Waals surface area contributed by atoms with Gasteiger partial charge >= 0.3 is 5.97 Å². The molecule has 2 aliphatic carbocycles.